The number of aromatic nitrogens is 2. The van der Waals surface area contributed by atoms with Gasteiger partial charge in [0, 0.05) is 37.9 Å². The summed E-state index contributed by atoms with van der Waals surface area (Å²) in [5, 5.41) is 10.1. The van der Waals surface area contributed by atoms with Gasteiger partial charge in [0.1, 0.15) is 5.69 Å². The smallest absolute Gasteiger partial charge is 0.343 e. The Morgan fingerprint density at radius 1 is 1.11 bits per heavy atom. The van der Waals surface area contributed by atoms with Crippen molar-refractivity contribution in [3.8, 4) is 0 Å². The molecule has 0 bridgehead atoms. The van der Waals surface area contributed by atoms with Gasteiger partial charge in [0.05, 0.1) is 12.2 Å². The largest absolute Gasteiger partial charge is 0.351 e. The Bertz CT molecular complexity index is 1050. The fraction of sp³-hybridized carbons (Fsp3) is 0.538. The maximum absolute atomic E-state index is 13.0. The number of nitrogens with zero attached hydrogens (tertiary/aromatic N) is 6. The molecule has 1 aliphatic heterocycles. The maximum atomic E-state index is 13.0. The van der Waals surface area contributed by atoms with E-state index in [4.69, 9.17) is 4.98 Å². The quantitative estimate of drug-likeness (QED) is 0.518. The van der Waals surface area contributed by atoms with Crippen LogP contribution in [0.4, 0.5) is 27.9 Å². The standard InChI is InChI=1S/C26H38N8O2/c1-5-32(6-2)17-16-27-24(35)19-12-14-20(15-13-19)29-25-28-18-22-23(30-25)34(21-10-8-9-11-21)33(7-3)26(36)31(22)4/h12-15,18,21H,5-11,16-17H2,1-4H3,(H,27,35)(H,28,29,30). The van der Waals surface area contributed by atoms with Gasteiger partial charge in [-0.25, -0.2) is 14.8 Å². The molecule has 2 heterocycles. The van der Waals surface area contributed by atoms with E-state index in [-0.39, 0.29) is 18.0 Å². The lowest BCUT2D eigenvalue weighted by atomic mass is 10.2. The van der Waals surface area contributed by atoms with Crippen LogP contribution in [-0.4, -0.2) is 77.6 Å². The summed E-state index contributed by atoms with van der Waals surface area (Å²) in [6, 6.07) is 7.49. The van der Waals surface area contributed by atoms with Crippen LogP contribution >= 0.6 is 0 Å². The van der Waals surface area contributed by atoms with E-state index in [1.165, 1.54) is 0 Å². The molecule has 2 aromatic rings. The second-order valence-electron chi connectivity index (χ2n) is 9.23. The number of carbonyl (C=O) groups is 2. The van der Waals surface area contributed by atoms with E-state index in [9.17, 15) is 9.59 Å². The molecule has 10 heteroatoms. The summed E-state index contributed by atoms with van der Waals surface area (Å²) < 4.78 is 0. The third kappa shape index (κ3) is 5.38. The highest BCUT2D eigenvalue weighted by atomic mass is 16.2. The highest BCUT2D eigenvalue weighted by molar-refractivity contribution is 5.98. The zero-order valence-corrected chi connectivity index (χ0v) is 21.8. The van der Waals surface area contributed by atoms with Crippen molar-refractivity contribution in [2.24, 2.45) is 0 Å². The highest BCUT2D eigenvalue weighted by Gasteiger charge is 2.39. The molecule has 4 rings (SSSR count). The van der Waals surface area contributed by atoms with Gasteiger partial charge < -0.3 is 15.5 Å². The summed E-state index contributed by atoms with van der Waals surface area (Å²) in [6.45, 7) is 10.2. The minimum Gasteiger partial charge on any atom is -0.351 e. The molecule has 194 valence electrons. The Hall–Kier alpha value is -3.40. The maximum Gasteiger partial charge on any atom is 0.343 e. The van der Waals surface area contributed by atoms with Crippen LogP contribution in [0.15, 0.2) is 30.5 Å². The molecule has 2 N–H and O–H groups in total. The first-order valence-corrected chi connectivity index (χ1v) is 13.1. The van der Waals surface area contributed by atoms with E-state index in [1.807, 2.05) is 19.1 Å². The molecule has 0 spiro atoms. The summed E-state index contributed by atoms with van der Waals surface area (Å²) in [6.07, 6.45) is 6.10. The molecule has 1 fully saturated rings. The van der Waals surface area contributed by atoms with Crippen molar-refractivity contribution in [1.29, 1.82) is 0 Å². The minimum absolute atomic E-state index is 0.0628. The number of carbonyl (C=O) groups excluding carboxylic acids is 2. The van der Waals surface area contributed by atoms with Crippen LogP contribution in [0, 0.1) is 0 Å². The number of hydrazine groups is 1. The Morgan fingerprint density at radius 3 is 2.44 bits per heavy atom. The first kappa shape index (κ1) is 25.7. The lowest BCUT2D eigenvalue weighted by Gasteiger charge is -2.45. The zero-order chi connectivity index (χ0) is 25.7. The molecule has 1 saturated carbocycles. The fourth-order valence-electron chi connectivity index (χ4n) is 4.92. The number of nitrogens with one attached hydrogen (secondary N) is 2. The molecular formula is C26H38N8O2. The number of anilines is 4. The molecule has 0 saturated heterocycles. The number of urea groups is 1. The number of likely N-dealkylation sites (N-methyl/N-ethyl adjacent to an activating group) is 1. The predicted octanol–water partition coefficient (Wildman–Crippen LogP) is 3.85. The Kier molecular flexibility index (Phi) is 8.25. The molecule has 0 unspecified atom stereocenters. The van der Waals surface area contributed by atoms with Gasteiger partial charge in [-0.1, -0.05) is 26.7 Å². The minimum atomic E-state index is -0.0849. The monoisotopic (exact) mass is 494 g/mol. The van der Waals surface area contributed by atoms with Gasteiger partial charge >= 0.3 is 6.03 Å². The molecule has 2 aliphatic rings. The number of amides is 3. The summed E-state index contributed by atoms with van der Waals surface area (Å²) in [4.78, 5) is 38.7. The van der Waals surface area contributed by atoms with E-state index in [0.29, 0.717) is 30.3 Å². The second kappa shape index (κ2) is 11.6. The average molecular weight is 495 g/mol. The van der Waals surface area contributed by atoms with Crippen molar-refractivity contribution in [2.45, 2.75) is 52.5 Å². The summed E-state index contributed by atoms with van der Waals surface area (Å²) >= 11 is 0. The van der Waals surface area contributed by atoms with Crippen molar-refractivity contribution in [3.63, 3.8) is 0 Å². The van der Waals surface area contributed by atoms with Gasteiger partial charge in [-0.3, -0.25) is 14.7 Å². The molecule has 0 atom stereocenters. The van der Waals surface area contributed by atoms with Gasteiger partial charge in [-0.2, -0.15) is 4.98 Å². The van der Waals surface area contributed by atoms with Crippen LogP contribution in [0.1, 0.15) is 56.8 Å². The van der Waals surface area contributed by atoms with Crippen molar-refractivity contribution < 1.29 is 9.59 Å². The fourth-order valence-corrected chi connectivity index (χ4v) is 4.92. The van der Waals surface area contributed by atoms with Crippen LogP contribution in [-0.2, 0) is 0 Å². The SMILES string of the molecule is CCN(CC)CCNC(=O)c1ccc(Nc2ncc3c(n2)N(C2CCCC2)N(CC)C(=O)N3C)cc1. The van der Waals surface area contributed by atoms with Gasteiger partial charge in [-0.05, 0) is 57.1 Å². The third-order valence-corrected chi connectivity index (χ3v) is 7.08. The molecule has 0 radical (unpaired) electrons. The van der Waals surface area contributed by atoms with Gasteiger partial charge in [-0.15, -0.1) is 0 Å². The molecule has 36 heavy (non-hydrogen) atoms. The lowest BCUT2D eigenvalue weighted by molar-refractivity contribution is 0.0949. The molecule has 1 aromatic carbocycles. The van der Waals surface area contributed by atoms with E-state index in [2.05, 4.69) is 39.4 Å². The van der Waals surface area contributed by atoms with Crippen molar-refractivity contribution in [1.82, 2.24) is 25.2 Å². The van der Waals surface area contributed by atoms with Crippen molar-refractivity contribution >= 4 is 35.1 Å². The van der Waals surface area contributed by atoms with Crippen LogP contribution in [0.2, 0.25) is 0 Å². The van der Waals surface area contributed by atoms with Crippen LogP contribution in [0.3, 0.4) is 0 Å². The number of benzene rings is 1. The number of fused-ring (bicyclic) bond motifs is 1. The molecule has 1 aromatic heterocycles. The van der Waals surface area contributed by atoms with Gasteiger partial charge in [0.15, 0.2) is 5.82 Å². The van der Waals surface area contributed by atoms with E-state index >= 15 is 0 Å². The van der Waals surface area contributed by atoms with Crippen molar-refractivity contribution in [3.05, 3.63) is 36.0 Å². The normalized spacial score (nSPS) is 16.0. The van der Waals surface area contributed by atoms with E-state index in [1.54, 1.807) is 35.3 Å². The van der Waals surface area contributed by atoms with Crippen LogP contribution < -0.4 is 20.5 Å². The predicted molar refractivity (Wildman–Crippen MR) is 143 cm³/mol. The first-order chi connectivity index (χ1) is 17.5. The Labute approximate surface area is 213 Å². The summed E-state index contributed by atoms with van der Waals surface area (Å²) in [7, 11) is 1.76. The average Bonchev–Trinajstić information content (AvgIpc) is 3.43. The summed E-state index contributed by atoms with van der Waals surface area (Å²) in [5.74, 6) is 1.11. The van der Waals surface area contributed by atoms with Gasteiger partial charge in [0.2, 0.25) is 5.95 Å². The van der Waals surface area contributed by atoms with E-state index < -0.39 is 0 Å². The number of hydrogen-bond donors (Lipinski definition) is 2. The molecule has 10 nitrogen and oxygen atoms in total. The molecule has 1 aliphatic carbocycles. The number of rotatable bonds is 10. The summed E-state index contributed by atoms with van der Waals surface area (Å²) in [5.41, 5.74) is 2.10. The third-order valence-electron chi connectivity index (χ3n) is 7.08. The highest BCUT2D eigenvalue weighted by Crippen LogP contribution is 2.38. The first-order valence-electron chi connectivity index (χ1n) is 13.1. The van der Waals surface area contributed by atoms with Crippen LogP contribution in [0.5, 0.6) is 0 Å². The van der Waals surface area contributed by atoms with E-state index in [0.717, 1.165) is 56.8 Å². The lowest BCUT2D eigenvalue weighted by Crippen LogP contribution is -2.59. The Morgan fingerprint density at radius 2 is 1.81 bits per heavy atom. The Balaban J connectivity index is 1.47. The second-order valence-corrected chi connectivity index (χ2v) is 9.23. The zero-order valence-electron chi connectivity index (χ0n) is 21.8. The number of hydrogen-bond acceptors (Lipinski definition) is 7. The topological polar surface area (TPSA) is 96.9 Å². The molecular weight excluding hydrogens is 456 g/mol. The molecule has 3 amide bonds. The van der Waals surface area contributed by atoms with Gasteiger partial charge in [0.25, 0.3) is 5.91 Å². The van der Waals surface area contributed by atoms with Crippen molar-refractivity contribution in [2.75, 3.05) is 55.0 Å². The van der Waals surface area contributed by atoms with Crippen LogP contribution in [0.25, 0.3) is 0 Å².